The Morgan fingerprint density at radius 1 is 1.33 bits per heavy atom. The molecule has 0 aromatic carbocycles. The molecule has 1 unspecified atom stereocenters. The molecule has 2 heteroatoms. The molecule has 18 heavy (non-hydrogen) atoms. The van der Waals surface area contributed by atoms with Crippen LogP contribution in [0, 0.1) is 11.3 Å². The van der Waals surface area contributed by atoms with E-state index in [2.05, 4.69) is 38.7 Å². The largest absolute Gasteiger partial charge is 0.330 e. The highest BCUT2D eigenvalue weighted by Crippen LogP contribution is 2.32. The summed E-state index contributed by atoms with van der Waals surface area (Å²) in [4.78, 5) is 2.58. The molecule has 0 saturated heterocycles. The first-order valence-corrected chi connectivity index (χ1v) is 7.51. The molecule has 1 aliphatic heterocycles. The number of nitrogens with zero attached hydrogens (tertiary/aromatic N) is 1. The third-order valence-corrected chi connectivity index (χ3v) is 4.29. The fourth-order valence-corrected chi connectivity index (χ4v) is 2.79. The predicted octanol–water partition coefficient (Wildman–Crippen LogP) is 3.43. The van der Waals surface area contributed by atoms with Gasteiger partial charge in [0.2, 0.25) is 0 Å². The first-order chi connectivity index (χ1) is 8.43. The minimum absolute atomic E-state index is 0.401. The van der Waals surface area contributed by atoms with Crippen LogP contribution in [0.25, 0.3) is 0 Å². The summed E-state index contributed by atoms with van der Waals surface area (Å²) in [6.07, 6.45) is 7.44. The number of hydrogen-bond donors (Lipinski definition) is 1. The lowest BCUT2D eigenvalue weighted by Crippen LogP contribution is -2.30. The standard InChI is InChI=1S/C16H32N2/c1-14-8-12-18(13-9-14)11-5-6-15(7-10-17)16(2,3)4/h8,15H,5-7,9-13,17H2,1-4H3. The Kier molecular flexibility index (Phi) is 6.37. The molecule has 0 aliphatic carbocycles. The van der Waals surface area contributed by atoms with Crippen molar-refractivity contribution >= 4 is 0 Å². The topological polar surface area (TPSA) is 29.3 Å². The van der Waals surface area contributed by atoms with E-state index in [0.29, 0.717) is 5.41 Å². The lowest BCUT2D eigenvalue weighted by molar-refractivity contribution is 0.196. The third kappa shape index (κ3) is 5.53. The maximum Gasteiger partial charge on any atom is 0.0165 e. The van der Waals surface area contributed by atoms with E-state index in [4.69, 9.17) is 5.73 Å². The predicted molar refractivity (Wildman–Crippen MR) is 80.7 cm³/mol. The fourth-order valence-electron chi connectivity index (χ4n) is 2.79. The van der Waals surface area contributed by atoms with E-state index in [0.717, 1.165) is 19.0 Å². The summed E-state index contributed by atoms with van der Waals surface area (Å²) in [5, 5.41) is 0. The van der Waals surface area contributed by atoms with Gasteiger partial charge >= 0.3 is 0 Å². The minimum atomic E-state index is 0.401. The van der Waals surface area contributed by atoms with E-state index in [1.165, 1.54) is 38.8 Å². The molecule has 0 aromatic rings. The Bertz CT molecular complexity index is 263. The Hall–Kier alpha value is -0.340. The fraction of sp³-hybridized carbons (Fsp3) is 0.875. The summed E-state index contributed by atoms with van der Waals surface area (Å²) in [7, 11) is 0. The van der Waals surface area contributed by atoms with Gasteiger partial charge in [0.15, 0.2) is 0 Å². The van der Waals surface area contributed by atoms with Gasteiger partial charge < -0.3 is 5.73 Å². The van der Waals surface area contributed by atoms with E-state index in [1.807, 2.05) is 0 Å². The molecule has 106 valence electrons. The van der Waals surface area contributed by atoms with Gasteiger partial charge in [0.05, 0.1) is 0 Å². The number of rotatable bonds is 6. The van der Waals surface area contributed by atoms with Crippen molar-refractivity contribution in [3.63, 3.8) is 0 Å². The van der Waals surface area contributed by atoms with E-state index in [-0.39, 0.29) is 0 Å². The average Bonchev–Trinajstić information content (AvgIpc) is 2.29. The first kappa shape index (κ1) is 15.7. The van der Waals surface area contributed by atoms with Gasteiger partial charge in [-0.25, -0.2) is 0 Å². The molecule has 1 heterocycles. The van der Waals surface area contributed by atoms with Gasteiger partial charge in [-0.15, -0.1) is 0 Å². The van der Waals surface area contributed by atoms with Gasteiger partial charge in [0.25, 0.3) is 0 Å². The summed E-state index contributed by atoms with van der Waals surface area (Å²) in [5.74, 6) is 0.768. The SMILES string of the molecule is CC1=CCN(CCCC(CCN)C(C)(C)C)CC1. The first-order valence-electron chi connectivity index (χ1n) is 7.51. The summed E-state index contributed by atoms with van der Waals surface area (Å²) in [5.41, 5.74) is 7.70. The van der Waals surface area contributed by atoms with Crippen LogP contribution in [0.1, 0.15) is 53.4 Å². The molecule has 1 rings (SSSR count). The van der Waals surface area contributed by atoms with Crippen LogP contribution >= 0.6 is 0 Å². The van der Waals surface area contributed by atoms with Crippen molar-refractivity contribution in [3.8, 4) is 0 Å². The Morgan fingerprint density at radius 3 is 2.56 bits per heavy atom. The maximum absolute atomic E-state index is 5.74. The molecule has 2 N–H and O–H groups in total. The molecular weight excluding hydrogens is 220 g/mol. The average molecular weight is 252 g/mol. The zero-order chi connectivity index (χ0) is 13.6. The molecule has 1 aliphatic rings. The Balaban J connectivity index is 2.27. The van der Waals surface area contributed by atoms with Crippen LogP contribution in [0.3, 0.4) is 0 Å². The van der Waals surface area contributed by atoms with Crippen molar-refractivity contribution in [2.45, 2.75) is 53.4 Å². The summed E-state index contributed by atoms with van der Waals surface area (Å²) < 4.78 is 0. The Morgan fingerprint density at radius 2 is 2.06 bits per heavy atom. The van der Waals surface area contributed by atoms with Crippen LogP contribution in [-0.4, -0.2) is 31.1 Å². The highest BCUT2D eigenvalue weighted by molar-refractivity contribution is 5.03. The van der Waals surface area contributed by atoms with Crippen LogP contribution in [0.15, 0.2) is 11.6 Å². The zero-order valence-corrected chi connectivity index (χ0v) is 12.8. The molecule has 0 aromatic heterocycles. The maximum atomic E-state index is 5.74. The third-order valence-electron chi connectivity index (χ3n) is 4.29. The van der Waals surface area contributed by atoms with Gasteiger partial charge in [0, 0.05) is 13.1 Å². The van der Waals surface area contributed by atoms with Crippen LogP contribution in [0.4, 0.5) is 0 Å². The van der Waals surface area contributed by atoms with Gasteiger partial charge in [-0.1, -0.05) is 32.4 Å². The monoisotopic (exact) mass is 252 g/mol. The molecular formula is C16H32N2. The van der Waals surface area contributed by atoms with Gasteiger partial charge in [0.1, 0.15) is 0 Å². The highest BCUT2D eigenvalue weighted by Gasteiger charge is 2.23. The zero-order valence-electron chi connectivity index (χ0n) is 12.8. The van der Waals surface area contributed by atoms with E-state index < -0.39 is 0 Å². The van der Waals surface area contributed by atoms with Gasteiger partial charge in [-0.3, -0.25) is 4.90 Å². The molecule has 0 amide bonds. The lowest BCUT2D eigenvalue weighted by atomic mass is 9.76. The molecule has 0 spiro atoms. The molecule has 0 bridgehead atoms. The highest BCUT2D eigenvalue weighted by atomic mass is 15.1. The van der Waals surface area contributed by atoms with E-state index in [1.54, 1.807) is 5.57 Å². The smallest absolute Gasteiger partial charge is 0.0165 e. The lowest BCUT2D eigenvalue weighted by Gasteiger charge is -2.32. The molecule has 0 radical (unpaired) electrons. The van der Waals surface area contributed by atoms with Gasteiger partial charge in [-0.05, 0) is 57.0 Å². The minimum Gasteiger partial charge on any atom is -0.330 e. The van der Waals surface area contributed by atoms with Crippen LogP contribution in [0.2, 0.25) is 0 Å². The second kappa shape index (κ2) is 7.30. The van der Waals surface area contributed by atoms with E-state index in [9.17, 15) is 0 Å². The summed E-state index contributed by atoms with van der Waals surface area (Å²) >= 11 is 0. The number of nitrogens with two attached hydrogens (primary N) is 1. The Labute approximate surface area is 114 Å². The van der Waals surface area contributed by atoms with Gasteiger partial charge in [-0.2, -0.15) is 0 Å². The summed E-state index contributed by atoms with van der Waals surface area (Å²) in [6, 6.07) is 0. The van der Waals surface area contributed by atoms with Crippen molar-refractivity contribution < 1.29 is 0 Å². The van der Waals surface area contributed by atoms with E-state index >= 15 is 0 Å². The normalized spacial score (nSPS) is 19.7. The molecule has 0 saturated carbocycles. The van der Waals surface area contributed by atoms with Crippen molar-refractivity contribution in [2.75, 3.05) is 26.2 Å². The van der Waals surface area contributed by atoms with Crippen molar-refractivity contribution in [2.24, 2.45) is 17.1 Å². The van der Waals surface area contributed by atoms with Crippen LogP contribution in [-0.2, 0) is 0 Å². The molecule has 0 fully saturated rings. The number of hydrogen-bond acceptors (Lipinski definition) is 2. The summed E-state index contributed by atoms with van der Waals surface area (Å²) in [6.45, 7) is 13.8. The van der Waals surface area contributed by atoms with Crippen LogP contribution < -0.4 is 5.73 Å². The second-order valence-electron chi connectivity index (χ2n) is 6.88. The van der Waals surface area contributed by atoms with Crippen molar-refractivity contribution in [1.29, 1.82) is 0 Å². The second-order valence-corrected chi connectivity index (χ2v) is 6.88. The van der Waals surface area contributed by atoms with Crippen LogP contribution in [0.5, 0.6) is 0 Å². The molecule has 2 nitrogen and oxygen atoms in total. The van der Waals surface area contributed by atoms with Crippen molar-refractivity contribution in [1.82, 2.24) is 4.90 Å². The quantitative estimate of drug-likeness (QED) is 0.734. The van der Waals surface area contributed by atoms with Crippen molar-refractivity contribution in [3.05, 3.63) is 11.6 Å². The molecule has 1 atom stereocenters.